The van der Waals surface area contributed by atoms with Gasteiger partial charge in [0.05, 0.1) is 0 Å². The zero-order chi connectivity index (χ0) is 16.1. The van der Waals surface area contributed by atoms with Crippen LogP contribution in [0, 0.1) is 6.92 Å². The fourth-order valence-electron chi connectivity index (χ4n) is 2.91. The fourth-order valence-corrected chi connectivity index (χ4v) is 3.74. The lowest BCUT2D eigenvalue weighted by atomic mass is 9.99. The molecule has 2 heterocycles. The van der Waals surface area contributed by atoms with Gasteiger partial charge < -0.3 is 10.2 Å². The highest BCUT2D eigenvalue weighted by Crippen LogP contribution is 2.28. The molecule has 1 N–H and O–H groups in total. The predicted octanol–water partition coefficient (Wildman–Crippen LogP) is 2.98. The Morgan fingerprint density at radius 1 is 1.35 bits per heavy atom. The molecule has 2 amide bonds. The van der Waals surface area contributed by atoms with Crippen molar-refractivity contribution in [1.82, 2.24) is 20.4 Å². The van der Waals surface area contributed by atoms with Gasteiger partial charge in [-0.25, -0.2) is 4.79 Å². The second-order valence-corrected chi connectivity index (χ2v) is 7.13. The van der Waals surface area contributed by atoms with Gasteiger partial charge in [-0.05, 0) is 31.7 Å². The molecule has 23 heavy (non-hydrogen) atoms. The molecular formula is C17H22N4OS. The van der Waals surface area contributed by atoms with E-state index in [-0.39, 0.29) is 6.03 Å². The maximum absolute atomic E-state index is 12.4. The van der Waals surface area contributed by atoms with Crippen molar-refractivity contribution in [3.05, 3.63) is 45.9 Å². The van der Waals surface area contributed by atoms with Crippen molar-refractivity contribution < 1.29 is 4.79 Å². The molecule has 0 spiro atoms. The first kappa shape index (κ1) is 15.9. The first-order valence-corrected chi connectivity index (χ1v) is 8.91. The summed E-state index contributed by atoms with van der Waals surface area (Å²) in [5.41, 5.74) is 1.24. The number of urea groups is 1. The van der Waals surface area contributed by atoms with E-state index in [0.29, 0.717) is 12.5 Å². The van der Waals surface area contributed by atoms with Crippen LogP contribution < -0.4 is 5.32 Å². The lowest BCUT2D eigenvalue weighted by Crippen LogP contribution is -2.45. The minimum atomic E-state index is 0.0341. The summed E-state index contributed by atoms with van der Waals surface area (Å²) < 4.78 is 0. The van der Waals surface area contributed by atoms with Crippen LogP contribution in [-0.4, -0.2) is 40.8 Å². The maximum atomic E-state index is 12.4. The smallest absolute Gasteiger partial charge is 0.317 e. The van der Waals surface area contributed by atoms with Crippen molar-refractivity contribution in [2.75, 3.05) is 19.6 Å². The van der Waals surface area contributed by atoms with Crippen LogP contribution in [0.1, 0.15) is 34.3 Å². The monoisotopic (exact) mass is 330 g/mol. The third-order valence-corrected chi connectivity index (χ3v) is 5.13. The second-order valence-electron chi connectivity index (χ2n) is 5.91. The molecular weight excluding hydrogens is 308 g/mol. The van der Waals surface area contributed by atoms with Gasteiger partial charge in [0.25, 0.3) is 0 Å². The number of carbonyl (C=O) groups is 1. The number of piperidine rings is 1. The highest BCUT2D eigenvalue weighted by Gasteiger charge is 2.26. The zero-order valence-corrected chi connectivity index (χ0v) is 14.2. The van der Waals surface area contributed by atoms with Gasteiger partial charge in [-0.3, -0.25) is 0 Å². The van der Waals surface area contributed by atoms with Crippen LogP contribution in [0.15, 0.2) is 30.3 Å². The van der Waals surface area contributed by atoms with E-state index in [4.69, 9.17) is 0 Å². The number of benzene rings is 1. The van der Waals surface area contributed by atoms with Crippen LogP contribution in [0.3, 0.4) is 0 Å². The number of likely N-dealkylation sites (tertiary alicyclic amines) is 1. The predicted molar refractivity (Wildman–Crippen MR) is 91.7 cm³/mol. The third kappa shape index (κ3) is 4.28. The molecule has 1 atom stereocenters. The van der Waals surface area contributed by atoms with Crippen LogP contribution in [0.5, 0.6) is 0 Å². The molecule has 1 aromatic heterocycles. The summed E-state index contributed by atoms with van der Waals surface area (Å²) in [4.78, 5) is 14.3. The molecule has 1 unspecified atom stereocenters. The van der Waals surface area contributed by atoms with E-state index < -0.39 is 0 Å². The number of carbonyl (C=O) groups excluding carboxylic acids is 1. The average Bonchev–Trinajstić information content (AvgIpc) is 3.02. The highest BCUT2D eigenvalue weighted by molar-refractivity contribution is 7.11. The molecule has 0 radical (unpaired) electrons. The largest absolute Gasteiger partial charge is 0.338 e. The van der Waals surface area contributed by atoms with Gasteiger partial charge in [0, 0.05) is 25.6 Å². The van der Waals surface area contributed by atoms with Gasteiger partial charge in [-0.15, -0.1) is 21.5 Å². The Kier molecular flexibility index (Phi) is 5.23. The molecule has 6 heteroatoms. The van der Waals surface area contributed by atoms with Crippen molar-refractivity contribution in [2.24, 2.45) is 0 Å². The Labute approximate surface area is 140 Å². The Bertz CT molecular complexity index is 643. The van der Waals surface area contributed by atoms with Crippen LogP contribution >= 0.6 is 11.3 Å². The van der Waals surface area contributed by atoms with E-state index in [1.165, 1.54) is 5.56 Å². The first-order valence-electron chi connectivity index (χ1n) is 8.09. The van der Waals surface area contributed by atoms with Gasteiger partial charge in [0.1, 0.15) is 10.0 Å². The minimum Gasteiger partial charge on any atom is -0.338 e. The van der Waals surface area contributed by atoms with Gasteiger partial charge in [0.2, 0.25) is 0 Å². The molecule has 1 aliphatic heterocycles. The molecule has 1 fully saturated rings. The molecule has 2 aromatic rings. The number of hydrogen-bond acceptors (Lipinski definition) is 4. The van der Waals surface area contributed by atoms with Crippen molar-refractivity contribution >= 4 is 17.4 Å². The first-order chi connectivity index (χ1) is 11.2. The number of amides is 2. The number of hydrogen-bond donors (Lipinski definition) is 1. The fraction of sp³-hybridized carbons (Fsp3) is 0.471. The van der Waals surface area contributed by atoms with Crippen molar-refractivity contribution in [1.29, 1.82) is 0 Å². The van der Waals surface area contributed by atoms with Crippen molar-refractivity contribution in [2.45, 2.75) is 32.1 Å². The van der Waals surface area contributed by atoms with E-state index in [1.807, 2.05) is 30.0 Å². The van der Waals surface area contributed by atoms with E-state index in [0.717, 1.165) is 42.4 Å². The Morgan fingerprint density at radius 2 is 2.17 bits per heavy atom. The third-order valence-electron chi connectivity index (χ3n) is 4.13. The molecule has 0 bridgehead atoms. The number of nitrogens with one attached hydrogen (secondary N) is 1. The molecule has 3 rings (SSSR count). The van der Waals surface area contributed by atoms with Crippen molar-refractivity contribution in [3.63, 3.8) is 0 Å². The SMILES string of the molecule is Cc1nnc(C2CCCN(C(=O)NCCc3ccccc3)C2)s1. The number of nitrogens with zero attached hydrogens (tertiary/aromatic N) is 3. The lowest BCUT2D eigenvalue weighted by molar-refractivity contribution is 0.179. The summed E-state index contributed by atoms with van der Waals surface area (Å²) >= 11 is 1.64. The van der Waals surface area contributed by atoms with Crippen LogP contribution in [0.2, 0.25) is 0 Å². The maximum Gasteiger partial charge on any atom is 0.317 e. The molecule has 5 nitrogen and oxygen atoms in total. The van der Waals surface area contributed by atoms with E-state index in [9.17, 15) is 4.79 Å². The van der Waals surface area contributed by atoms with Gasteiger partial charge in [-0.2, -0.15) is 0 Å². The van der Waals surface area contributed by atoms with Crippen molar-refractivity contribution in [3.8, 4) is 0 Å². The lowest BCUT2D eigenvalue weighted by Gasteiger charge is -2.31. The zero-order valence-electron chi connectivity index (χ0n) is 13.4. The van der Waals surface area contributed by atoms with Crippen LogP contribution in [0.25, 0.3) is 0 Å². The Balaban J connectivity index is 1.49. The molecule has 122 valence electrons. The molecule has 0 aliphatic carbocycles. The van der Waals surface area contributed by atoms with E-state index in [1.54, 1.807) is 11.3 Å². The van der Waals surface area contributed by atoms with Gasteiger partial charge >= 0.3 is 6.03 Å². The molecule has 1 saturated heterocycles. The topological polar surface area (TPSA) is 58.1 Å². The number of aryl methyl sites for hydroxylation is 1. The average molecular weight is 330 g/mol. The summed E-state index contributed by atoms with van der Waals surface area (Å²) in [6.07, 6.45) is 2.97. The van der Waals surface area contributed by atoms with Crippen LogP contribution in [-0.2, 0) is 6.42 Å². The summed E-state index contributed by atoms with van der Waals surface area (Å²) in [6, 6.07) is 10.3. The Morgan fingerprint density at radius 3 is 2.91 bits per heavy atom. The van der Waals surface area contributed by atoms with E-state index >= 15 is 0 Å². The molecule has 0 saturated carbocycles. The summed E-state index contributed by atoms with van der Waals surface area (Å²) in [5.74, 6) is 0.329. The quantitative estimate of drug-likeness (QED) is 0.937. The molecule has 1 aromatic carbocycles. The van der Waals surface area contributed by atoms with Gasteiger partial charge in [-0.1, -0.05) is 30.3 Å². The number of rotatable bonds is 4. The van der Waals surface area contributed by atoms with Gasteiger partial charge in [0.15, 0.2) is 0 Å². The Hall–Kier alpha value is -1.95. The minimum absolute atomic E-state index is 0.0341. The normalized spacial score (nSPS) is 18.0. The second kappa shape index (κ2) is 7.55. The highest BCUT2D eigenvalue weighted by atomic mass is 32.1. The summed E-state index contributed by atoms with van der Waals surface area (Å²) in [5, 5.41) is 13.4. The molecule has 1 aliphatic rings. The number of aromatic nitrogens is 2. The summed E-state index contributed by atoms with van der Waals surface area (Å²) in [7, 11) is 0. The van der Waals surface area contributed by atoms with Crippen LogP contribution in [0.4, 0.5) is 4.79 Å². The van der Waals surface area contributed by atoms with E-state index in [2.05, 4.69) is 27.6 Å². The standard InChI is InChI=1S/C17H22N4OS/c1-13-19-20-16(23-13)15-8-5-11-21(12-15)17(22)18-10-9-14-6-3-2-4-7-14/h2-4,6-7,15H,5,8-12H2,1H3,(H,18,22). The summed E-state index contributed by atoms with van der Waals surface area (Å²) in [6.45, 7) is 4.21.